The highest BCUT2D eigenvalue weighted by Crippen LogP contribution is 2.41. The summed E-state index contributed by atoms with van der Waals surface area (Å²) in [7, 11) is 0. The van der Waals surface area contributed by atoms with E-state index in [0.717, 1.165) is 18.0 Å². The van der Waals surface area contributed by atoms with Crippen molar-refractivity contribution in [3.05, 3.63) is 34.9 Å². The lowest BCUT2D eigenvalue weighted by Crippen LogP contribution is -2.46. The highest BCUT2D eigenvalue weighted by molar-refractivity contribution is 8.00. The number of hydrogen-bond acceptors (Lipinski definition) is 2. The summed E-state index contributed by atoms with van der Waals surface area (Å²) in [5.74, 6) is 1.29. The normalized spacial score (nSPS) is 25.3. The molecule has 0 radical (unpaired) electrons. The summed E-state index contributed by atoms with van der Waals surface area (Å²) in [5.41, 5.74) is 1.26. The first-order valence-electron chi connectivity index (χ1n) is 6.76. The third-order valence-electron chi connectivity index (χ3n) is 3.82. The molecule has 18 heavy (non-hydrogen) atoms. The summed E-state index contributed by atoms with van der Waals surface area (Å²) in [6.45, 7) is 5.60. The fourth-order valence-electron chi connectivity index (χ4n) is 2.71. The molecule has 0 spiro atoms. The summed E-state index contributed by atoms with van der Waals surface area (Å²) < 4.78 is 0.356. The molecule has 100 valence electrons. The van der Waals surface area contributed by atoms with Gasteiger partial charge in [0.15, 0.2) is 0 Å². The minimum Gasteiger partial charge on any atom is -0.313 e. The van der Waals surface area contributed by atoms with E-state index < -0.39 is 0 Å². The van der Waals surface area contributed by atoms with E-state index in [1.807, 2.05) is 12.1 Å². The molecule has 1 aliphatic heterocycles. The molecule has 2 atom stereocenters. The first kappa shape index (κ1) is 14.2. The fourth-order valence-corrected chi connectivity index (χ4v) is 4.33. The number of likely N-dealkylation sites (N-methyl/N-ethyl adjacent to an activating group) is 1. The standard InChI is InChI=1S/C15H22ClNS/c1-3-17-14(15(2)9-6-10-18-15)11-12-7-4-5-8-13(12)16/h4-5,7-8,14,17H,3,6,9-11H2,1-2H3. The zero-order valence-electron chi connectivity index (χ0n) is 11.2. The van der Waals surface area contributed by atoms with Crippen molar-refractivity contribution in [1.29, 1.82) is 0 Å². The maximum Gasteiger partial charge on any atom is 0.0438 e. The highest BCUT2D eigenvalue weighted by atomic mass is 35.5. The van der Waals surface area contributed by atoms with E-state index in [1.165, 1.54) is 24.2 Å². The monoisotopic (exact) mass is 283 g/mol. The van der Waals surface area contributed by atoms with Crippen LogP contribution in [-0.4, -0.2) is 23.1 Å². The maximum absolute atomic E-state index is 6.29. The molecular weight excluding hydrogens is 262 g/mol. The molecule has 1 aromatic carbocycles. The summed E-state index contributed by atoms with van der Waals surface area (Å²) in [6, 6.07) is 8.73. The van der Waals surface area contributed by atoms with Crippen LogP contribution >= 0.6 is 23.4 Å². The number of hydrogen-bond donors (Lipinski definition) is 1. The Labute approximate surface area is 120 Å². The Hall–Kier alpha value is -0.180. The van der Waals surface area contributed by atoms with E-state index in [2.05, 4.69) is 43.1 Å². The number of nitrogens with one attached hydrogen (secondary N) is 1. The van der Waals surface area contributed by atoms with Gasteiger partial charge in [-0.1, -0.05) is 36.7 Å². The van der Waals surface area contributed by atoms with E-state index in [0.29, 0.717) is 10.8 Å². The average molecular weight is 284 g/mol. The van der Waals surface area contributed by atoms with Crippen LogP contribution in [0.5, 0.6) is 0 Å². The van der Waals surface area contributed by atoms with E-state index in [4.69, 9.17) is 11.6 Å². The summed E-state index contributed by atoms with van der Waals surface area (Å²) >= 11 is 8.40. The quantitative estimate of drug-likeness (QED) is 0.871. The Morgan fingerprint density at radius 2 is 2.22 bits per heavy atom. The van der Waals surface area contributed by atoms with Gasteiger partial charge in [0.2, 0.25) is 0 Å². The molecule has 2 rings (SSSR count). The fraction of sp³-hybridized carbons (Fsp3) is 0.600. The molecule has 0 aromatic heterocycles. The Kier molecular flexibility index (Phi) is 4.99. The molecule has 1 saturated heterocycles. The Morgan fingerprint density at radius 3 is 2.83 bits per heavy atom. The van der Waals surface area contributed by atoms with Crippen LogP contribution in [0.4, 0.5) is 0 Å². The van der Waals surface area contributed by atoms with Crippen LogP contribution in [0.1, 0.15) is 32.3 Å². The number of rotatable bonds is 5. The molecular formula is C15H22ClNS. The number of thioether (sulfide) groups is 1. The zero-order valence-corrected chi connectivity index (χ0v) is 12.8. The average Bonchev–Trinajstić information content (AvgIpc) is 2.79. The maximum atomic E-state index is 6.29. The van der Waals surface area contributed by atoms with Crippen molar-refractivity contribution in [2.75, 3.05) is 12.3 Å². The minimum atomic E-state index is 0.356. The van der Waals surface area contributed by atoms with Gasteiger partial charge in [0.1, 0.15) is 0 Å². The molecule has 1 heterocycles. The van der Waals surface area contributed by atoms with Crippen molar-refractivity contribution in [3.8, 4) is 0 Å². The van der Waals surface area contributed by atoms with Crippen LogP contribution in [0.25, 0.3) is 0 Å². The van der Waals surface area contributed by atoms with Gasteiger partial charge in [-0.15, -0.1) is 0 Å². The number of halogens is 1. The Morgan fingerprint density at radius 1 is 1.44 bits per heavy atom. The van der Waals surface area contributed by atoms with E-state index >= 15 is 0 Å². The second-order valence-corrected chi connectivity index (χ2v) is 7.21. The predicted molar refractivity (Wildman–Crippen MR) is 82.7 cm³/mol. The van der Waals surface area contributed by atoms with Gasteiger partial charge in [0.05, 0.1) is 0 Å². The highest BCUT2D eigenvalue weighted by Gasteiger charge is 2.37. The molecule has 0 saturated carbocycles. The van der Waals surface area contributed by atoms with Crippen LogP contribution < -0.4 is 5.32 Å². The molecule has 1 fully saturated rings. The van der Waals surface area contributed by atoms with Crippen molar-refractivity contribution in [2.45, 2.75) is 43.9 Å². The topological polar surface area (TPSA) is 12.0 Å². The first-order chi connectivity index (χ1) is 8.65. The van der Waals surface area contributed by atoms with Crippen LogP contribution in [0.15, 0.2) is 24.3 Å². The predicted octanol–water partition coefficient (Wildman–Crippen LogP) is 4.15. The van der Waals surface area contributed by atoms with E-state index in [-0.39, 0.29) is 0 Å². The summed E-state index contributed by atoms with van der Waals surface area (Å²) in [6.07, 6.45) is 3.67. The minimum absolute atomic E-state index is 0.356. The van der Waals surface area contributed by atoms with Gasteiger partial charge in [0, 0.05) is 15.8 Å². The third kappa shape index (κ3) is 3.23. The molecule has 1 aliphatic rings. The van der Waals surface area contributed by atoms with Gasteiger partial charge in [-0.2, -0.15) is 11.8 Å². The van der Waals surface area contributed by atoms with Crippen molar-refractivity contribution in [3.63, 3.8) is 0 Å². The number of benzene rings is 1. The zero-order chi connectivity index (χ0) is 13.0. The Balaban J connectivity index is 2.13. The molecule has 0 bridgehead atoms. The third-order valence-corrected chi connectivity index (χ3v) is 5.83. The SMILES string of the molecule is CCNC(Cc1ccccc1Cl)C1(C)CCCS1. The molecule has 1 aromatic rings. The summed E-state index contributed by atoms with van der Waals surface area (Å²) in [5, 5.41) is 4.56. The molecule has 1 nitrogen and oxygen atoms in total. The van der Waals surface area contributed by atoms with Gasteiger partial charge in [-0.05, 0) is 50.1 Å². The van der Waals surface area contributed by atoms with Gasteiger partial charge in [-0.3, -0.25) is 0 Å². The van der Waals surface area contributed by atoms with Crippen LogP contribution in [0.2, 0.25) is 5.02 Å². The molecule has 1 N–H and O–H groups in total. The summed E-state index contributed by atoms with van der Waals surface area (Å²) in [4.78, 5) is 0. The lowest BCUT2D eigenvalue weighted by atomic mass is 9.90. The first-order valence-corrected chi connectivity index (χ1v) is 8.13. The molecule has 3 heteroatoms. The second kappa shape index (κ2) is 6.31. The van der Waals surface area contributed by atoms with Gasteiger partial charge in [0.25, 0.3) is 0 Å². The lowest BCUT2D eigenvalue weighted by Gasteiger charge is -2.34. The molecule has 0 aliphatic carbocycles. The lowest BCUT2D eigenvalue weighted by molar-refractivity contribution is 0.406. The Bertz CT molecular complexity index is 388. The van der Waals surface area contributed by atoms with Gasteiger partial charge in [-0.25, -0.2) is 0 Å². The van der Waals surface area contributed by atoms with Crippen molar-refractivity contribution in [2.24, 2.45) is 0 Å². The second-order valence-electron chi connectivity index (χ2n) is 5.17. The largest absolute Gasteiger partial charge is 0.313 e. The smallest absolute Gasteiger partial charge is 0.0438 e. The van der Waals surface area contributed by atoms with Crippen LogP contribution in [0, 0.1) is 0 Å². The van der Waals surface area contributed by atoms with Crippen molar-refractivity contribution < 1.29 is 0 Å². The van der Waals surface area contributed by atoms with Crippen LogP contribution in [0.3, 0.4) is 0 Å². The van der Waals surface area contributed by atoms with E-state index in [1.54, 1.807) is 0 Å². The van der Waals surface area contributed by atoms with Gasteiger partial charge < -0.3 is 5.32 Å². The van der Waals surface area contributed by atoms with Gasteiger partial charge >= 0.3 is 0 Å². The van der Waals surface area contributed by atoms with Crippen molar-refractivity contribution in [1.82, 2.24) is 5.32 Å². The van der Waals surface area contributed by atoms with E-state index in [9.17, 15) is 0 Å². The molecule has 0 amide bonds. The van der Waals surface area contributed by atoms with Crippen LogP contribution in [-0.2, 0) is 6.42 Å². The van der Waals surface area contributed by atoms with Crippen molar-refractivity contribution >= 4 is 23.4 Å². The molecule has 2 unspecified atom stereocenters.